The molecule has 1 aliphatic heterocycles. The van der Waals surface area contributed by atoms with Gasteiger partial charge in [0.25, 0.3) is 0 Å². The Labute approximate surface area is 157 Å². The molecule has 0 saturated heterocycles. The highest BCUT2D eigenvalue weighted by Gasteiger charge is 2.32. The second-order valence-electron chi connectivity index (χ2n) is 7.65. The molecule has 0 atom stereocenters. The average molecular weight is 371 g/mol. The van der Waals surface area contributed by atoms with E-state index in [2.05, 4.69) is 28.5 Å². The third-order valence-electron chi connectivity index (χ3n) is 5.82. The monoisotopic (exact) mass is 370 g/mol. The van der Waals surface area contributed by atoms with E-state index in [1.807, 2.05) is 18.7 Å². The fourth-order valence-corrected chi connectivity index (χ4v) is 4.55. The Morgan fingerprint density at radius 3 is 2.62 bits per heavy atom. The van der Waals surface area contributed by atoms with Crippen LogP contribution in [0.5, 0.6) is 0 Å². The van der Waals surface area contributed by atoms with Crippen LogP contribution in [-0.4, -0.2) is 30.9 Å². The molecule has 2 aliphatic rings. The number of halogens is 1. The van der Waals surface area contributed by atoms with Crippen molar-refractivity contribution < 1.29 is 0 Å². The van der Waals surface area contributed by atoms with Crippen LogP contribution < -0.4 is 4.90 Å². The van der Waals surface area contributed by atoms with Crippen LogP contribution in [0.25, 0.3) is 11.0 Å². The number of aryl methyl sites for hydroxylation is 2. The number of nitrogens with zero attached hydrogens (tertiary/aromatic N) is 6. The van der Waals surface area contributed by atoms with E-state index in [0.29, 0.717) is 5.92 Å². The van der Waals surface area contributed by atoms with Gasteiger partial charge in [-0.15, -0.1) is 0 Å². The molecule has 136 valence electrons. The quantitative estimate of drug-likeness (QED) is 0.693. The van der Waals surface area contributed by atoms with Gasteiger partial charge in [0.1, 0.15) is 11.6 Å². The second-order valence-corrected chi connectivity index (χ2v) is 8.03. The highest BCUT2D eigenvalue weighted by molar-refractivity contribution is 6.36. The van der Waals surface area contributed by atoms with E-state index in [9.17, 15) is 0 Å². The molecule has 0 N–H and O–H groups in total. The smallest absolute Gasteiger partial charge is 0.161 e. The summed E-state index contributed by atoms with van der Waals surface area (Å²) in [4.78, 5) is 12.2. The molecule has 0 aromatic carbocycles. The van der Waals surface area contributed by atoms with Gasteiger partial charge in [-0.1, -0.05) is 11.6 Å². The number of rotatable bonds is 2. The minimum absolute atomic E-state index is 0.669. The highest BCUT2D eigenvalue weighted by atomic mass is 35.5. The first-order valence-electron chi connectivity index (χ1n) is 9.24. The lowest BCUT2D eigenvalue weighted by Crippen LogP contribution is -2.32. The zero-order chi connectivity index (χ0) is 18.2. The number of hydrogen-bond acceptors (Lipinski definition) is 4. The van der Waals surface area contributed by atoms with Crippen LogP contribution in [0.1, 0.15) is 47.2 Å². The molecular formula is C19H23ClN6. The molecule has 0 amide bonds. The summed E-state index contributed by atoms with van der Waals surface area (Å²) in [5, 5.41) is 6.22. The number of anilines is 1. The fourth-order valence-electron chi connectivity index (χ4n) is 4.25. The molecule has 26 heavy (non-hydrogen) atoms. The first-order valence-corrected chi connectivity index (χ1v) is 9.62. The van der Waals surface area contributed by atoms with Crippen molar-refractivity contribution in [3.05, 3.63) is 33.5 Å². The minimum Gasteiger partial charge on any atom is -0.350 e. The highest BCUT2D eigenvalue weighted by Crippen LogP contribution is 2.41. The van der Waals surface area contributed by atoms with E-state index in [1.54, 1.807) is 0 Å². The van der Waals surface area contributed by atoms with Crippen molar-refractivity contribution in [2.24, 2.45) is 14.1 Å². The minimum atomic E-state index is 0.669. The van der Waals surface area contributed by atoms with E-state index in [1.165, 1.54) is 30.1 Å². The largest absolute Gasteiger partial charge is 0.350 e. The molecule has 0 bridgehead atoms. The number of imidazole rings is 1. The lowest BCUT2D eigenvalue weighted by Gasteiger charge is -2.29. The van der Waals surface area contributed by atoms with E-state index >= 15 is 0 Å². The Balaban J connectivity index is 1.58. The summed E-state index contributed by atoms with van der Waals surface area (Å²) in [6.45, 7) is 5.77. The Hall–Kier alpha value is -2.08. The van der Waals surface area contributed by atoms with Crippen molar-refractivity contribution in [3.63, 3.8) is 0 Å². The van der Waals surface area contributed by atoms with Crippen LogP contribution in [-0.2, 0) is 27.1 Å². The Morgan fingerprint density at radius 2 is 1.88 bits per heavy atom. The Morgan fingerprint density at radius 1 is 1.12 bits per heavy atom. The predicted octanol–water partition coefficient (Wildman–Crippen LogP) is 3.41. The van der Waals surface area contributed by atoms with E-state index in [0.717, 1.165) is 52.6 Å². The van der Waals surface area contributed by atoms with Gasteiger partial charge in [0.2, 0.25) is 0 Å². The summed E-state index contributed by atoms with van der Waals surface area (Å²) >= 11 is 6.71. The Kier molecular flexibility index (Phi) is 3.38. The predicted molar refractivity (Wildman–Crippen MR) is 103 cm³/mol. The van der Waals surface area contributed by atoms with Crippen LogP contribution in [0.15, 0.2) is 0 Å². The summed E-state index contributed by atoms with van der Waals surface area (Å²) < 4.78 is 4.14. The van der Waals surface area contributed by atoms with E-state index in [4.69, 9.17) is 21.6 Å². The number of pyridine rings is 1. The molecule has 1 aliphatic carbocycles. The van der Waals surface area contributed by atoms with Gasteiger partial charge < -0.3 is 9.47 Å². The summed E-state index contributed by atoms with van der Waals surface area (Å²) in [5.41, 5.74) is 5.37. The van der Waals surface area contributed by atoms with Crippen molar-refractivity contribution >= 4 is 28.5 Å². The van der Waals surface area contributed by atoms with Crippen LogP contribution in [0.3, 0.4) is 0 Å². The second kappa shape index (κ2) is 5.46. The molecule has 4 heterocycles. The molecule has 0 spiro atoms. The number of aromatic nitrogens is 5. The molecule has 1 saturated carbocycles. The van der Waals surface area contributed by atoms with Crippen LogP contribution in [0.2, 0.25) is 5.02 Å². The van der Waals surface area contributed by atoms with E-state index in [-0.39, 0.29) is 0 Å². The molecular weight excluding hydrogens is 348 g/mol. The molecule has 6 nitrogen and oxygen atoms in total. The maximum Gasteiger partial charge on any atom is 0.161 e. The third kappa shape index (κ3) is 2.21. The lowest BCUT2D eigenvalue weighted by atomic mass is 10.1. The van der Waals surface area contributed by atoms with Crippen molar-refractivity contribution in [3.8, 4) is 0 Å². The van der Waals surface area contributed by atoms with Crippen LogP contribution in [0.4, 0.5) is 5.82 Å². The lowest BCUT2D eigenvalue weighted by molar-refractivity contribution is 0.669. The van der Waals surface area contributed by atoms with Gasteiger partial charge in [-0.2, -0.15) is 5.10 Å². The van der Waals surface area contributed by atoms with Crippen molar-refractivity contribution in [2.75, 3.05) is 11.4 Å². The molecule has 0 unspecified atom stereocenters. The van der Waals surface area contributed by atoms with Crippen LogP contribution >= 0.6 is 11.6 Å². The first kappa shape index (κ1) is 16.1. The van der Waals surface area contributed by atoms with Gasteiger partial charge in [-0.05, 0) is 26.7 Å². The maximum atomic E-state index is 6.71. The third-order valence-corrected chi connectivity index (χ3v) is 6.29. The first-order chi connectivity index (χ1) is 12.5. The molecule has 3 aromatic heterocycles. The number of fused-ring (bicyclic) bond motifs is 2. The van der Waals surface area contributed by atoms with Crippen molar-refractivity contribution in [1.82, 2.24) is 24.3 Å². The fraction of sp³-hybridized carbons (Fsp3) is 0.526. The van der Waals surface area contributed by atoms with Gasteiger partial charge in [-0.25, -0.2) is 9.97 Å². The molecule has 5 rings (SSSR count). The van der Waals surface area contributed by atoms with E-state index < -0.39 is 0 Å². The summed E-state index contributed by atoms with van der Waals surface area (Å²) in [6, 6.07) is 0. The maximum absolute atomic E-state index is 6.71. The molecule has 7 heteroatoms. The average Bonchev–Trinajstić information content (AvgIpc) is 3.35. The zero-order valence-electron chi connectivity index (χ0n) is 15.7. The molecule has 3 aromatic rings. The Bertz CT molecular complexity index is 1040. The van der Waals surface area contributed by atoms with Gasteiger partial charge in [0.15, 0.2) is 5.65 Å². The van der Waals surface area contributed by atoms with Gasteiger partial charge in [0.05, 0.1) is 28.3 Å². The zero-order valence-corrected chi connectivity index (χ0v) is 16.4. The topological polar surface area (TPSA) is 51.8 Å². The molecule has 1 fully saturated rings. The van der Waals surface area contributed by atoms with Crippen molar-refractivity contribution in [2.45, 2.75) is 45.6 Å². The summed E-state index contributed by atoms with van der Waals surface area (Å²) in [6.07, 6.45) is 3.55. The van der Waals surface area contributed by atoms with Gasteiger partial charge in [0, 0.05) is 44.2 Å². The SMILES string of the molecule is Cc1c(N2CCc3c(nc(C4CC4)n3C)C2)nc2c(c(C)nn2C)c1Cl. The van der Waals surface area contributed by atoms with Crippen LogP contribution in [0, 0.1) is 13.8 Å². The normalized spacial score (nSPS) is 17.2. The number of hydrogen-bond donors (Lipinski definition) is 0. The summed E-state index contributed by atoms with van der Waals surface area (Å²) in [5.74, 6) is 2.88. The molecule has 0 radical (unpaired) electrons. The van der Waals surface area contributed by atoms with Crippen molar-refractivity contribution in [1.29, 1.82) is 0 Å². The van der Waals surface area contributed by atoms with Gasteiger partial charge in [-0.3, -0.25) is 4.68 Å². The van der Waals surface area contributed by atoms with Gasteiger partial charge >= 0.3 is 0 Å². The standard InChI is InChI=1S/C19H23ClN6/c1-10-16(20)15-11(2)23-25(4)19(15)22-17(10)26-8-7-14-13(9-26)21-18(24(14)3)12-5-6-12/h12H,5-9H2,1-4H3. The summed E-state index contributed by atoms with van der Waals surface area (Å²) in [7, 11) is 4.09.